The van der Waals surface area contributed by atoms with E-state index in [4.69, 9.17) is 0 Å². The Balaban J connectivity index is 1.83. The van der Waals surface area contributed by atoms with Gasteiger partial charge in [-0.3, -0.25) is 15.1 Å². The van der Waals surface area contributed by atoms with E-state index in [1.807, 2.05) is 19.9 Å². The van der Waals surface area contributed by atoms with Crippen molar-refractivity contribution in [1.82, 2.24) is 15.6 Å². The Bertz CT molecular complexity index is 1060. The molecule has 0 aliphatic heterocycles. The Labute approximate surface area is 203 Å². The molecule has 1 aliphatic rings. The van der Waals surface area contributed by atoms with Crippen molar-refractivity contribution in [3.63, 3.8) is 0 Å². The second kappa shape index (κ2) is 9.96. The highest BCUT2D eigenvalue weighted by Gasteiger charge is 2.48. The van der Waals surface area contributed by atoms with E-state index < -0.39 is 35.3 Å². The number of nitriles is 1. The number of alkyl halides is 3. The highest BCUT2D eigenvalue weighted by Crippen LogP contribution is 2.36. The fraction of sp³-hybridized carbons (Fsp3) is 0.500. The average molecular weight is 489 g/mol. The van der Waals surface area contributed by atoms with Crippen LogP contribution < -0.4 is 10.6 Å². The van der Waals surface area contributed by atoms with Gasteiger partial charge in [0.05, 0.1) is 23.4 Å². The summed E-state index contributed by atoms with van der Waals surface area (Å²) in [6.45, 7) is 6.97. The number of carbonyl (C=O) groups is 1. The van der Waals surface area contributed by atoms with Gasteiger partial charge in [0.2, 0.25) is 5.91 Å². The summed E-state index contributed by atoms with van der Waals surface area (Å²) < 4.78 is 42.2. The van der Waals surface area contributed by atoms with E-state index in [0.717, 1.165) is 5.56 Å². The second-order valence-electron chi connectivity index (χ2n) is 10.1. The summed E-state index contributed by atoms with van der Waals surface area (Å²) >= 11 is 0. The monoisotopic (exact) mass is 488 g/mol. The van der Waals surface area contributed by atoms with E-state index in [9.17, 15) is 28.3 Å². The first-order valence-corrected chi connectivity index (χ1v) is 11.6. The van der Waals surface area contributed by atoms with Crippen molar-refractivity contribution in [2.24, 2.45) is 5.92 Å². The van der Waals surface area contributed by atoms with E-state index in [0.29, 0.717) is 24.0 Å². The van der Waals surface area contributed by atoms with Crippen LogP contribution >= 0.6 is 0 Å². The van der Waals surface area contributed by atoms with Crippen LogP contribution in [-0.4, -0.2) is 33.8 Å². The van der Waals surface area contributed by atoms with Gasteiger partial charge < -0.3 is 10.4 Å². The van der Waals surface area contributed by atoms with Crippen molar-refractivity contribution in [3.8, 4) is 17.2 Å². The number of nitrogens with zero attached hydrogens (tertiary/aromatic N) is 2. The van der Waals surface area contributed by atoms with Crippen LogP contribution in [-0.2, 0) is 10.4 Å². The van der Waals surface area contributed by atoms with Crippen molar-refractivity contribution in [1.29, 1.82) is 5.26 Å². The minimum atomic E-state index is -4.69. The molecule has 188 valence electrons. The number of hydrogen-bond donors (Lipinski definition) is 3. The van der Waals surface area contributed by atoms with Crippen molar-refractivity contribution in [2.45, 2.75) is 76.4 Å². The smallest absolute Gasteiger partial charge is 0.386 e. The number of pyridine rings is 1. The van der Waals surface area contributed by atoms with E-state index >= 15 is 0 Å². The molecule has 1 saturated carbocycles. The molecular weight excluding hydrogens is 457 g/mol. The zero-order chi connectivity index (χ0) is 26.0. The molecule has 0 saturated heterocycles. The third-order valence-electron chi connectivity index (χ3n) is 6.05. The first kappa shape index (κ1) is 26.6. The summed E-state index contributed by atoms with van der Waals surface area (Å²) in [6, 6.07) is 8.65. The number of nitrogens with one attached hydrogen (secondary N) is 2. The molecule has 0 spiro atoms. The van der Waals surface area contributed by atoms with Gasteiger partial charge in [0.25, 0.3) is 0 Å². The van der Waals surface area contributed by atoms with Crippen LogP contribution in [0, 0.1) is 17.2 Å². The summed E-state index contributed by atoms with van der Waals surface area (Å²) in [7, 11) is 0. The third-order valence-corrected chi connectivity index (χ3v) is 6.05. The van der Waals surface area contributed by atoms with Crippen LogP contribution in [0.25, 0.3) is 11.1 Å². The SMILES string of the molecule is CC(C)C[C@H](N[C@@H](c1ccc(-c2ccc(C(C)(C)O)cc2)cn1)C(F)(F)F)C(=O)NC1(C#N)CC1. The highest BCUT2D eigenvalue weighted by atomic mass is 19.4. The maximum Gasteiger partial charge on any atom is 0.409 e. The Morgan fingerprint density at radius 1 is 1.14 bits per heavy atom. The lowest BCUT2D eigenvalue weighted by molar-refractivity contribution is -0.162. The highest BCUT2D eigenvalue weighted by molar-refractivity contribution is 5.83. The zero-order valence-electron chi connectivity index (χ0n) is 20.3. The number of hydrogen-bond acceptors (Lipinski definition) is 5. The molecule has 0 bridgehead atoms. The van der Waals surface area contributed by atoms with Crippen LogP contribution in [0.1, 0.15) is 64.3 Å². The van der Waals surface area contributed by atoms with Gasteiger partial charge >= 0.3 is 6.18 Å². The van der Waals surface area contributed by atoms with Crippen molar-refractivity contribution in [2.75, 3.05) is 0 Å². The van der Waals surface area contributed by atoms with E-state index in [-0.39, 0.29) is 18.0 Å². The Morgan fingerprint density at radius 2 is 1.74 bits per heavy atom. The number of aromatic nitrogens is 1. The topological polar surface area (TPSA) is 98.0 Å². The Kier molecular flexibility index (Phi) is 7.58. The summed E-state index contributed by atoms with van der Waals surface area (Å²) in [5, 5.41) is 24.4. The largest absolute Gasteiger partial charge is 0.409 e. The third kappa shape index (κ3) is 6.80. The molecule has 0 radical (unpaired) electrons. The van der Waals surface area contributed by atoms with Gasteiger partial charge in [-0.2, -0.15) is 18.4 Å². The first-order chi connectivity index (χ1) is 16.2. The maximum absolute atomic E-state index is 14.1. The average Bonchev–Trinajstić information content (AvgIpc) is 3.55. The lowest BCUT2D eigenvalue weighted by atomic mass is 9.96. The molecule has 35 heavy (non-hydrogen) atoms. The quantitative estimate of drug-likeness (QED) is 0.473. The number of carbonyl (C=O) groups excluding carboxylic acids is 1. The van der Waals surface area contributed by atoms with Crippen molar-refractivity contribution < 1.29 is 23.1 Å². The van der Waals surface area contributed by atoms with Gasteiger partial charge in [-0.25, -0.2) is 0 Å². The predicted molar refractivity (Wildman–Crippen MR) is 126 cm³/mol. The van der Waals surface area contributed by atoms with Gasteiger partial charge in [0, 0.05) is 11.8 Å². The summed E-state index contributed by atoms with van der Waals surface area (Å²) in [6.07, 6.45) is -2.17. The maximum atomic E-state index is 14.1. The summed E-state index contributed by atoms with van der Waals surface area (Å²) in [5.74, 6) is -0.665. The molecule has 1 aromatic carbocycles. The molecule has 2 atom stereocenters. The minimum Gasteiger partial charge on any atom is -0.386 e. The molecule has 6 nitrogen and oxygen atoms in total. The van der Waals surface area contributed by atoms with Crippen LogP contribution in [0.2, 0.25) is 0 Å². The van der Waals surface area contributed by atoms with Gasteiger partial charge in [-0.05, 0) is 56.2 Å². The molecule has 3 rings (SSSR count). The number of benzene rings is 1. The summed E-state index contributed by atoms with van der Waals surface area (Å²) in [4.78, 5) is 16.9. The van der Waals surface area contributed by atoms with Crippen LogP contribution in [0.5, 0.6) is 0 Å². The fourth-order valence-corrected chi connectivity index (χ4v) is 3.80. The van der Waals surface area contributed by atoms with Crippen molar-refractivity contribution >= 4 is 5.91 Å². The predicted octanol–water partition coefficient (Wildman–Crippen LogP) is 4.76. The molecule has 1 aromatic heterocycles. The molecule has 3 N–H and O–H groups in total. The Morgan fingerprint density at radius 3 is 2.17 bits per heavy atom. The number of aliphatic hydroxyl groups is 1. The van der Waals surface area contributed by atoms with E-state index in [1.165, 1.54) is 12.3 Å². The van der Waals surface area contributed by atoms with Gasteiger partial charge in [0.1, 0.15) is 11.6 Å². The van der Waals surface area contributed by atoms with Gasteiger partial charge in [-0.15, -0.1) is 0 Å². The summed E-state index contributed by atoms with van der Waals surface area (Å²) in [5.41, 5.74) is -0.141. The molecule has 1 fully saturated rings. The van der Waals surface area contributed by atoms with Crippen LogP contribution in [0.3, 0.4) is 0 Å². The minimum absolute atomic E-state index is 0.0495. The molecular formula is C26H31F3N4O2. The van der Waals surface area contributed by atoms with E-state index in [1.54, 1.807) is 44.2 Å². The number of amides is 1. The normalized spacial score (nSPS) is 16.9. The van der Waals surface area contributed by atoms with Crippen molar-refractivity contribution in [3.05, 3.63) is 53.9 Å². The fourth-order valence-electron chi connectivity index (χ4n) is 3.80. The van der Waals surface area contributed by atoms with E-state index in [2.05, 4.69) is 15.6 Å². The first-order valence-electron chi connectivity index (χ1n) is 11.6. The van der Waals surface area contributed by atoms with Gasteiger partial charge in [0.15, 0.2) is 0 Å². The standard InChI is InChI=1S/C26H31F3N4O2/c1-16(2)13-21(23(34)33-25(15-30)11-12-25)32-22(26(27,28)29)20-10-7-18(14-31-20)17-5-8-19(9-6-17)24(3,4)35/h5-10,14,16,21-22,32,35H,11-13H2,1-4H3,(H,33,34)/t21-,22-/m0/s1. The lowest BCUT2D eigenvalue weighted by Crippen LogP contribution is -2.52. The molecule has 2 aromatic rings. The molecule has 1 amide bonds. The van der Waals surface area contributed by atoms with Crippen LogP contribution in [0.15, 0.2) is 42.6 Å². The molecule has 0 unspecified atom stereocenters. The number of halogens is 3. The zero-order valence-corrected chi connectivity index (χ0v) is 20.3. The molecule has 1 heterocycles. The van der Waals surface area contributed by atoms with Gasteiger partial charge in [-0.1, -0.05) is 44.2 Å². The Hall–Kier alpha value is -2.96. The second-order valence-corrected chi connectivity index (χ2v) is 10.1. The number of rotatable bonds is 9. The molecule has 1 aliphatic carbocycles. The van der Waals surface area contributed by atoms with Crippen LogP contribution in [0.4, 0.5) is 13.2 Å². The lowest BCUT2D eigenvalue weighted by Gasteiger charge is -2.28. The molecule has 9 heteroatoms.